The molecule has 0 atom stereocenters. The number of carboxylic acid groups (broad SMARTS) is 1. The number of nitrogens with one attached hydrogen (secondary N) is 1. The summed E-state index contributed by atoms with van der Waals surface area (Å²) in [5.41, 5.74) is 6.42. The first-order valence-corrected chi connectivity index (χ1v) is 5.68. The second kappa shape index (κ2) is 5.05. The van der Waals surface area contributed by atoms with Gasteiger partial charge in [0.15, 0.2) is 5.82 Å². The smallest absolute Gasteiger partial charge is 0.337 e. The maximum Gasteiger partial charge on any atom is 0.337 e. The second-order valence-corrected chi connectivity index (χ2v) is 4.28. The minimum Gasteiger partial charge on any atom is -0.478 e. The van der Waals surface area contributed by atoms with Crippen LogP contribution in [-0.4, -0.2) is 21.2 Å². The Hall–Kier alpha value is -2.09. The minimum absolute atomic E-state index is 0.0359. The lowest BCUT2D eigenvalue weighted by Gasteiger charge is -2.09. The van der Waals surface area contributed by atoms with E-state index < -0.39 is 5.97 Å². The molecule has 2 aromatic rings. The van der Waals surface area contributed by atoms with Crippen molar-refractivity contribution < 1.29 is 14.4 Å². The Labute approximate surface area is 110 Å². The molecular formula is C10H9BrN4O3. The van der Waals surface area contributed by atoms with Crippen LogP contribution in [0.25, 0.3) is 0 Å². The summed E-state index contributed by atoms with van der Waals surface area (Å²) >= 11 is 3.29. The summed E-state index contributed by atoms with van der Waals surface area (Å²) in [6.45, 7) is 0.318. The van der Waals surface area contributed by atoms with Crippen LogP contribution >= 0.6 is 15.9 Å². The van der Waals surface area contributed by atoms with Gasteiger partial charge in [-0.25, -0.2) is 4.79 Å². The molecule has 2 rings (SSSR count). The number of rotatable bonds is 4. The molecule has 0 amide bonds. The number of anilines is 2. The van der Waals surface area contributed by atoms with Gasteiger partial charge < -0.3 is 20.7 Å². The molecule has 0 aliphatic rings. The monoisotopic (exact) mass is 312 g/mol. The van der Waals surface area contributed by atoms with Crippen molar-refractivity contribution in [1.29, 1.82) is 0 Å². The maximum absolute atomic E-state index is 11.0. The number of carbonyl (C=O) groups is 1. The molecule has 1 aromatic carbocycles. The van der Waals surface area contributed by atoms with Crippen molar-refractivity contribution in [1.82, 2.24) is 10.1 Å². The van der Waals surface area contributed by atoms with Gasteiger partial charge in [0.05, 0.1) is 12.1 Å². The van der Waals surface area contributed by atoms with Crippen molar-refractivity contribution in [2.75, 3.05) is 11.1 Å². The van der Waals surface area contributed by atoms with Crippen LogP contribution in [0.5, 0.6) is 0 Å². The van der Waals surface area contributed by atoms with Gasteiger partial charge in [-0.1, -0.05) is 5.16 Å². The molecule has 94 valence electrons. The van der Waals surface area contributed by atoms with Gasteiger partial charge >= 0.3 is 5.97 Å². The molecule has 0 aliphatic carbocycles. The molecule has 8 heteroatoms. The van der Waals surface area contributed by atoms with E-state index in [2.05, 4.69) is 35.9 Å². The molecule has 0 fully saturated rings. The highest BCUT2D eigenvalue weighted by Gasteiger charge is 2.12. The number of benzene rings is 1. The average Bonchev–Trinajstić information content (AvgIpc) is 2.80. The van der Waals surface area contributed by atoms with E-state index in [9.17, 15) is 4.79 Å². The third kappa shape index (κ3) is 2.59. The number of carboxylic acids is 1. The SMILES string of the molecule is Nc1cc(Br)c(NCc2ncon2)cc1C(=O)O. The van der Waals surface area contributed by atoms with E-state index in [0.29, 0.717) is 22.5 Å². The van der Waals surface area contributed by atoms with Crippen molar-refractivity contribution in [3.8, 4) is 0 Å². The fraction of sp³-hybridized carbons (Fsp3) is 0.100. The predicted molar refractivity (Wildman–Crippen MR) is 67.1 cm³/mol. The van der Waals surface area contributed by atoms with E-state index in [1.165, 1.54) is 18.5 Å². The molecule has 18 heavy (non-hydrogen) atoms. The fourth-order valence-electron chi connectivity index (χ4n) is 1.35. The van der Waals surface area contributed by atoms with Gasteiger partial charge in [0.1, 0.15) is 0 Å². The lowest BCUT2D eigenvalue weighted by atomic mass is 10.1. The molecule has 0 spiro atoms. The van der Waals surface area contributed by atoms with E-state index in [0.717, 1.165) is 0 Å². The minimum atomic E-state index is -1.08. The number of aromatic carboxylic acids is 1. The predicted octanol–water partition coefficient (Wildman–Crippen LogP) is 1.72. The van der Waals surface area contributed by atoms with Crippen molar-refractivity contribution in [3.05, 3.63) is 34.4 Å². The Morgan fingerprint density at radius 2 is 2.33 bits per heavy atom. The molecule has 0 unspecified atom stereocenters. The normalized spacial score (nSPS) is 10.3. The maximum atomic E-state index is 11.0. The Morgan fingerprint density at radius 3 is 2.94 bits per heavy atom. The van der Waals surface area contributed by atoms with Crippen LogP contribution in [0.1, 0.15) is 16.2 Å². The molecular weight excluding hydrogens is 304 g/mol. The van der Waals surface area contributed by atoms with Crippen LogP contribution < -0.4 is 11.1 Å². The molecule has 0 aliphatic heterocycles. The van der Waals surface area contributed by atoms with Crippen molar-refractivity contribution in [2.45, 2.75) is 6.54 Å². The van der Waals surface area contributed by atoms with Gasteiger partial charge in [-0.05, 0) is 28.1 Å². The highest BCUT2D eigenvalue weighted by molar-refractivity contribution is 9.10. The number of nitrogens with zero attached hydrogens (tertiary/aromatic N) is 2. The number of hydrogen-bond donors (Lipinski definition) is 3. The zero-order chi connectivity index (χ0) is 13.1. The zero-order valence-electron chi connectivity index (χ0n) is 9.05. The Kier molecular flexibility index (Phi) is 3.47. The zero-order valence-corrected chi connectivity index (χ0v) is 10.6. The lowest BCUT2D eigenvalue weighted by molar-refractivity contribution is 0.0698. The molecule has 7 nitrogen and oxygen atoms in total. The largest absolute Gasteiger partial charge is 0.478 e. The van der Waals surface area contributed by atoms with Crippen LogP contribution in [0.15, 0.2) is 27.5 Å². The van der Waals surface area contributed by atoms with Crippen LogP contribution in [0.4, 0.5) is 11.4 Å². The van der Waals surface area contributed by atoms with Crippen molar-refractivity contribution >= 4 is 33.3 Å². The third-order valence-electron chi connectivity index (χ3n) is 2.21. The third-order valence-corrected chi connectivity index (χ3v) is 2.87. The molecule has 4 N–H and O–H groups in total. The molecule has 1 aromatic heterocycles. The fourth-order valence-corrected chi connectivity index (χ4v) is 1.86. The lowest BCUT2D eigenvalue weighted by Crippen LogP contribution is -2.06. The van der Waals surface area contributed by atoms with Gasteiger partial charge in [0.25, 0.3) is 0 Å². The second-order valence-electron chi connectivity index (χ2n) is 3.43. The molecule has 0 saturated heterocycles. The van der Waals surface area contributed by atoms with E-state index in [1.807, 2.05) is 0 Å². The number of aromatic nitrogens is 2. The van der Waals surface area contributed by atoms with E-state index in [4.69, 9.17) is 10.8 Å². The number of nitrogen functional groups attached to an aromatic ring is 1. The Bertz CT molecular complexity index is 571. The van der Waals surface area contributed by atoms with Crippen molar-refractivity contribution in [2.24, 2.45) is 0 Å². The van der Waals surface area contributed by atoms with Gasteiger partial charge in [0, 0.05) is 15.8 Å². The summed E-state index contributed by atoms with van der Waals surface area (Å²) in [5, 5.41) is 15.6. The topological polar surface area (TPSA) is 114 Å². The standard InChI is InChI=1S/C10H9BrN4O3/c11-6-2-7(12)5(10(16)17)1-8(6)13-3-9-14-4-18-15-9/h1-2,4,13H,3,12H2,(H,16,17). The van der Waals surface area contributed by atoms with Gasteiger partial charge in [-0.15, -0.1) is 0 Å². The average molecular weight is 313 g/mol. The summed E-state index contributed by atoms with van der Waals surface area (Å²) in [5.74, 6) is -0.613. The molecule has 0 saturated carbocycles. The summed E-state index contributed by atoms with van der Waals surface area (Å²) in [6.07, 6.45) is 1.22. The number of hydrogen-bond acceptors (Lipinski definition) is 6. The van der Waals surface area contributed by atoms with Crippen LogP contribution in [-0.2, 0) is 6.54 Å². The first kappa shape index (κ1) is 12.4. The summed E-state index contributed by atoms with van der Waals surface area (Å²) < 4.78 is 5.25. The van der Waals surface area contributed by atoms with E-state index in [-0.39, 0.29) is 11.3 Å². The Balaban J connectivity index is 2.22. The first-order chi connectivity index (χ1) is 8.58. The van der Waals surface area contributed by atoms with Gasteiger partial charge in [-0.2, -0.15) is 4.98 Å². The van der Waals surface area contributed by atoms with Crippen LogP contribution in [0.2, 0.25) is 0 Å². The van der Waals surface area contributed by atoms with E-state index >= 15 is 0 Å². The molecule has 1 heterocycles. The van der Waals surface area contributed by atoms with Crippen LogP contribution in [0, 0.1) is 0 Å². The highest BCUT2D eigenvalue weighted by atomic mass is 79.9. The van der Waals surface area contributed by atoms with Crippen molar-refractivity contribution in [3.63, 3.8) is 0 Å². The quantitative estimate of drug-likeness (QED) is 0.736. The molecule has 0 radical (unpaired) electrons. The summed E-state index contributed by atoms with van der Waals surface area (Å²) in [4.78, 5) is 14.8. The first-order valence-electron chi connectivity index (χ1n) is 4.89. The summed E-state index contributed by atoms with van der Waals surface area (Å²) in [7, 11) is 0. The number of halogens is 1. The van der Waals surface area contributed by atoms with Gasteiger partial charge in [-0.3, -0.25) is 0 Å². The van der Waals surface area contributed by atoms with E-state index in [1.54, 1.807) is 0 Å². The van der Waals surface area contributed by atoms with Gasteiger partial charge in [0.2, 0.25) is 6.39 Å². The number of nitrogens with two attached hydrogens (primary N) is 1. The van der Waals surface area contributed by atoms with Crippen LogP contribution in [0.3, 0.4) is 0 Å². The highest BCUT2D eigenvalue weighted by Crippen LogP contribution is 2.28. The Morgan fingerprint density at radius 1 is 1.56 bits per heavy atom. The molecule has 0 bridgehead atoms. The summed E-state index contributed by atoms with van der Waals surface area (Å²) in [6, 6.07) is 2.98.